The molecule has 0 aromatic heterocycles. The van der Waals surface area contributed by atoms with E-state index in [4.69, 9.17) is 0 Å². The van der Waals surface area contributed by atoms with Crippen LogP contribution in [0, 0.1) is 0 Å². The van der Waals surface area contributed by atoms with E-state index >= 15 is 0 Å². The molecule has 0 bridgehead atoms. The van der Waals surface area contributed by atoms with Crippen LogP contribution in [0.5, 0.6) is 0 Å². The number of hydrogen-bond acceptors (Lipinski definition) is 0. The summed E-state index contributed by atoms with van der Waals surface area (Å²) in [5.41, 5.74) is 18.1. The lowest BCUT2D eigenvalue weighted by atomic mass is 9.84. The molecule has 266 valence electrons. The van der Waals surface area contributed by atoms with Gasteiger partial charge in [-0.15, -0.1) is 0 Å². The van der Waals surface area contributed by atoms with E-state index in [0.717, 1.165) is 0 Å². The van der Waals surface area contributed by atoms with E-state index in [1.54, 1.807) is 0 Å². The molecule has 6 rings (SSSR count). The molecule has 0 heteroatoms. The highest BCUT2D eigenvalue weighted by Gasteiger charge is 2.18. The normalized spacial score (nSPS) is 12.6. The van der Waals surface area contributed by atoms with Crippen molar-refractivity contribution in [2.24, 2.45) is 0 Å². The van der Waals surface area contributed by atoms with Crippen LogP contribution in [0.4, 0.5) is 0 Å². The monoisotopic (exact) mass is 682 g/mol. The van der Waals surface area contributed by atoms with E-state index in [9.17, 15) is 0 Å². The average Bonchev–Trinajstić information content (AvgIpc) is 3.10. The molecule has 0 unspecified atom stereocenters. The van der Waals surface area contributed by atoms with E-state index in [2.05, 4.69) is 217 Å². The predicted molar refractivity (Wildman–Crippen MR) is 228 cm³/mol. The van der Waals surface area contributed by atoms with Gasteiger partial charge >= 0.3 is 0 Å². The van der Waals surface area contributed by atoms with Crippen LogP contribution in [0.25, 0.3) is 55.6 Å². The van der Waals surface area contributed by atoms with Crippen molar-refractivity contribution in [2.45, 2.75) is 105 Å². The van der Waals surface area contributed by atoms with Gasteiger partial charge in [0.15, 0.2) is 0 Å². The minimum absolute atomic E-state index is 0.105. The van der Waals surface area contributed by atoms with Gasteiger partial charge in [0.05, 0.1) is 0 Å². The summed E-state index contributed by atoms with van der Waals surface area (Å²) in [5, 5.41) is 0. The quantitative estimate of drug-likeness (QED) is 0.170. The zero-order valence-electron chi connectivity index (χ0n) is 33.7. The van der Waals surface area contributed by atoms with E-state index in [0.29, 0.717) is 0 Å². The van der Waals surface area contributed by atoms with Crippen molar-refractivity contribution in [3.63, 3.8) is 0 Å². The van der Waals surface area contributed by atoms with Crippen LogP contribution in [-0.2, 0) is 21.7 Å². The first-order valence-corrected chi connectivity index (χ1v) is 19.0. The van der Waals surface area contributed by atoms with Crippen molar-refractivity contribution in [1.29, 1.82) is 0 Å². The van der Waals surface area contributed by atoms with Crippen LogP contribution < -0.4 is 0 Å². The summed E-state index contributed by atoms with van der Waals surface area (Å²) in [7, 11) is 0. The fourth-order valence-corrected chi connectivity index (χ4v) is 6.91. The lowest BCUT2D eigenvalue weighted by Gasteiger charge is -2.21. The molecule has 0 aliphatic carbocycles. The maximum atomic E-state index is 2.38. The summed E-state index contributed by atoms with van der Waals surface area (Å²) in [4.78, 5) is 0. The Balaban J connectivity index is 1.55. The van der Waals surface area contributed by atoms with Gasteiger partial charge in [-0.2, -0.15) is 0 Å². The van der Waals surface area contributed by atoms with Crippen molar-refractivity contribution < 1.29 is 0 Å². The van der Waals surface area contributed by atoms with Crippen LogP contribution in [0.2, 0.25) is 0 Å². The molecule has 0 spiro atoms. The van der Waals surface area contributed by atoms with Gasteiger partial charge in [-0.3, -0.25) is 0 Å². The van der Waals surface area contributed by atoms with Gasteiger partial charge in [0, 0.05) is 0 Å². The molecule has 6 aromatic rings. The smallest absolute Gasteiger partial charge is 0.0132 e. The van der Waals surface area contributed by atoms with Gasteiger partial charge in [0.25, 0.3) is 0 Å². The van der Waals surface area contributed by atoms with Crippen LogP contribution in [0.15, 0.2) is 133 Å². The Kier molecular flexibility index (Phi) is 9.77. The van der Waals surface area contributed by atoms with E-state index in [1.165, 1.54) is 77.9 Å². The third-order valence-corrected chi connectivity index (χ3v) is 10.5. The molecule has 0 aliphatic heterocycles. The second-order valence-electron chi connectivity index (χ2n) is 18.9. The van der Waals surface area contributed by atoms with Gasteiger partial charge in [-0.05, 0) is 136 Å². The molecule has 0 fully saturated rings. The molecule has 0 aliphatic rings. The Hall–Kier alpha value is -4.68. The van der Waals surface area contributed by atoms with Gasteiger partial charge in [0.1, 0.15) is 0 Å². The molecule has 0 atom stereocenters. The molecule has 0 nitrogen and oxygen atoms in total. The van der Waals surface area contributed by atoms with Gasteiger partial charge in [-0.1, -0.05) is 180 Å². The lowest BCUT2D eigenvalue weighted by Crippen LogP contribution is -2.10. The Labute approximate surface area is 315 Å². The van der Waals surface area contributed by atoms with Gasteiger partial charge < -0.3 is 0 Å². The third-order valence-electron chi connectivity index (χ3n) is 10.5. The summed E-state index contributed by atoms with van der Waals surface area (Å²) in [6.45, 7) is 27.3. The summed E-state index contributed by atoms with van der Waals surface area (Å²) in [5.74, 6) is 0. The Morgan fingerprint density at radius 1 is 0.192 bits per heavy atom. The summed E-state index contributed by atoms with van der Waals surface area (Å²) in [6, 6.07) is 50.9. The second kappa shape index (κ2) is 13.7. The van der Waals surface area contributed by atoms with Crippen LogP contribution >= 0.6 is 0 Å². The fourth-order valence-electron chi connectivity index (χ4n) is 6.91. The van der Waals surface area contributed by atoms with E-state index in [-0.39, 0.29) is 21.7 Å². The maximum absolute atomic E-state index is 2.38. The second-order valence-corrected chi connectivity index (χ2v) is 18.9. The fraction of sp³-hybridized carbons (Fsp3) is 0.308. The topological polar surface area (TPSA) is 0 Å². The Morgan fingerprint density at radius 2 is 0.327 bits per heavy atom. The number of rotatable bonds is 5. The van der Waals surface area contributed by atoms with Crippen LogP contribution in [-0.4, -0.2) is 0 Å². The summed E-state index contributed by atoms with van der Waals surface area (Å²) >= 11 is 0. The molecular weight excluding hydrogens is 625 g/mol. The highest BCUT2D eigenvalue weighted by atomic mass is 14.2. The lowest BCUT2D eigenvalue weighted by molar-refractivity contribution is 0.590. The molecule has 0 saturated carbocycles. The molecule has 0 N–H and O–H groups in total. The van der Waals surface area contributed by atoms with E-state index in [1.807, 2.05) is 0 Å². The molecule has 52 heavy (non-hydrogen) atoms. The van der Waals surface area contributed by atoms with Crippen LogP contribution in [0.1, 0.15) is 105 Å². The van der Waals surface area contributed by atoms with Crippen molar-refractivity contribution in [2.75, 3.05) is 0 Å². The highest BCUT2D eigenvalue weighted by Crippen LogP contribution is 2.39. The summed E-state index contributed by atoms with van der Waals surface area (Å²) in [6.07, 6.45) is 0. The zero-order chi connectivity index (χ0) is 37.6. The molecule has 0 heterocycles. The third kappa shape index (κ3) is 8.34. The number of hydrogen-bond donors (Lipinski definition) is 0. The minimum atomic E-state index is 0.105. The first-order valence-electron chi connectivity index (χ1n) is 19.0. The Bertz CT molecular complexity index is 1830. The van der Waals surface area contributed by atoms with Crippen LogP contribution in [0.3, 0.4) is 0 Å². The predicted octanol–water partition coefficient (Wildman–Crippen LogP) is 15.2. The molecule has 6 aromatic carbocycles. The standard InChI is InChI=1S/C52H58/c1-49(2,3)45-21-13-35(14-22-45)39-29-40(36-15-23-46(24-16-36)50(4,5)6)32-43(31-39)44-33-41(37-17-25-47(26-18-37)51(7,8)9)30-42(34-44)38-19-27-48(28-20-38)52(10,11)12/h13-34H,1-12H3. The van der Waals surface area contributed by atoms with E-state index < -0.39 is 0 Å². The zero-order valence-corrected chi connectivity index (χ0v) is 33.7. The minimum Gasteiger partial charge on any atom is -0.0579 e. The SMILES string of the molecule is CC(C)(C)c1ccc(-c2cc(-c3ccc(C(C)(C)C)cc3)cc(-c3cc(-c4ccc(C(C)(C)C)cc4)cc(-c4ccc(C(C)(C)C)cc4)c3)c2)cc1. The average molecular weight is 683 g/mol. The largest absolute Gasteiger partial charge is 0.0579 e. The van der Waals surface area contributed by atoms with Crippen molar-refractivity contribution in [3.05, 3.63) is 156 Å². The summed E-state index contributed by atoms with van der Waals surface area (Å²) < 4.78 is 0. The molecule has 0 saturated heterocycles. The van der Waals surface area contributed by atoms with Gasteiger partial charge in [0.2, 0.25) is 0 Å². The first kappa shape index (κ1) is 37.1. The molecular formula is C52H58. The van der Waals surface area contributed by atoms with Crippen molar-refractivity contribution in [3.8, 4) is 55.6 Å². The maximum Gasteiger partial charge on any atom is -0.0132 e. The number of benzene rings is 6. The van der Waals surface area contributed by atoms with Crippen molar-refractivity contribution >= 4 is 0 Å². The van der Waals surface area contributed by atoms with Gasteiger partial charge in [-0.25, -0.2) is 0 Å². The molecule has 0 amide bonds. The molecule has 0 radical (unpaired) electrons. The highest BCUT2D eigenvalue weighted by molar-refractivity contribution is 5.86. The van der Waals surface area contributed by atoms with Crippen molar-refractivity contribution in [1.82, 2.24) is 0 Å². The Morgan fingerprint density at radius 3 is 0.462 bits per heavy atom. The first-order chi connectivity index (χ1) is 24.3.